The summed E-state index contributed by atoms with van der Waals surface area (Å²) in [5.74, 6) is 1.02. The van der Waals surface area contributed by atoms with Gasteiger partial charge in [-0.05, 0) is 42.7 Å². The zero-order valence-electron chi connectivity index (χ0n) is 12.4. The number of hydrogen-bond donors (Lipinski definition) is 0. The molecule has 0 aliphatic heterocycles. The molecule has 0 spiro atoms. The van der Waals surface area contributed by atoms with Crippen LogP contribution in [0.4, 0.5) is 0 Å². The van der Waals surface area contributed by atoms with E-state index in [9.17, 15) is 0 Å². The van der Waals surface area contributed by atoms with Crippen molar-refractivity contribution in [1.29, 1.82) is 0 Å². The predicted octanol–water partition coefficient (Wildman–Crippen LogP) is 5.40. The molecule has 0 atom stereocenters. The van der Waals surface area contributed by atoms with E-state index in [1.54, 1.807) is 0 Å². The van der Waals surface area contributed by atoms with Gasteiger partial charge in [0.25, 0.3) is 5.89 Å². The summed E-state index contributed by atoms with van der Waals surface area (Å²) >= 11 is 6.16. The fourth-order valence-electron chi connectivity index (χ4n) is 2.29. The first kappa shape index (κ1) is 14.8. The molecule has 0 aliphatic rings. The molecule has 3 nitrogen and oxygen atoms in total. The van der Waals surface area contributed by atoms with Gasteiger partial charge in [-0.3, -0.25) is 0 Å². The van der Waals surface area contributed by atoms with Crippen molar-refractivity contribution in [1.82, 2.24) is 10.1 Å². The lowest BCUT2D eigenvalue weighted by molar-refractivity contribution is 0.432. The molecule has 0 fully saturated rings. The van der Waals surface area contributed by atoms with E-state index in [0.717, 1.165) is 17.5 Å². The van der Waals surface area contributed by atoms with E-state index in [-0.39, 0.29) is 0 Å². The first-order chi connectivity index (χ1) is 10.8. The van der Waals surface area contributed by atoms with Gasteiger partial charge in [0.2, 0.25) is 5.82 Å². The highest BCUT2D eigenvalue weighted by molar-refractivity contribution is 6.33. The maximum atomic E-state index is 6.16. The molecule has 0 amide bonds. The van der Waals surface area contributed by atoms with Gasteiger partial charge in [-0.25, -0.2) is 0 Å². The summed E-state index contributed by atoms with van der Waals surface area (Å²) in [5.41, 5.74) is 3.03. The van der Waals surface area contributed by atoms with E-state index in [1.165, 1.54) is 18.4 Å². The summed E-state index contributed by atoms with van der Waals surface area (Å²) < 4.78 is 5.36. The zero-order valence-corrected chi connectivity index (χ0v) is 13.2. The summed E-state index contributed by atoms with van der Waals surface area (Å²) in [6, 6.07) is 15.8. The smallest absolute Gasteiger partial charge is 0.258 e. The number of aromatic nitrogens is 2. The number of halogens is 1. The van der Waals surface area contributed by atoms with Crippen LogP contribution in [0.1, 0.15) is 25.3 Å². The molecule has 1 heterocycles. The third-order valence-electron chi connectivity index (χ3n) is 3.56. The lowest BCUT2D eigenvalue weighted by Crippen LogP contribution is -1.85. The van der Waals surface area contributed by atoms with Crippen molar-refractivity contribution >= 4 is 11.6 Å². The minimum atomic E-state index is 0.510. The molecule has 3 rings (SSSR count). The highest BCUT2D eigenvalue weighted by atomic mass is 35.5. The predicted molar refractivity (Wildman–Crippen MR) is 88.8 cm³/mol. The van der Waals surface area contributed by atoms with E-state index in [4.69, 9.17) is 16.1 Å². The Morgan fingerprint density at radius 3 is 2.55 bits per heavy atom. The minimum absolute atomic E-state index is 0.510. The van der Waals surface area contributed by atoms with Gasteiger partial charge in [0.15, 0.2) is 0 Å². The molecular formula is C18H17ClN2O. The van der Waals surface area contributed by atoms with Gasteiger partial charge < -0.3 is 4.52 Å². The second kappa shape index (κ2) is 6.75. The van der Waals surface area contributed by atoms with Crippen molar-refractivity contribution in [3.63, 3.8) is 0 Å². The molecule has 0 saturated carbocycles. The molecule has 0 bridgehead atoms. The van der Waals surface area contributed by atoms with E-state index in [2.05, 4.69) is 29.2 Å². The van der Waals surface area contributed by atoms with Crippen LogP contribution in [0.15, 0.2) is 53.1 Å². The van der Waals surface area contributed by atoms with Crippen LogP contribution in [0, 0.1) is 0 Å². The topological polar surface area (TPSA) is 38.9 Å². The lowest BCUT2D eigenvalue weighted by Gasteiger charge is -2.00. The standard InChI is InChI=1S/C18H17ClN2O/c1-2-3-6-13-9-11-14(12-10-13)18-20-17(21-22-18)15-7-4-5-8-16(15)19/h4-5,7-12H,2-3,6H2,1H3. The Bertz CT molecular complexity index is 750. The van der Waals surface area contributed by atoms with Crippen LogP contribution >= 0.6 is 11.6 Å². The van der Waals surface area contributed by atoms with Gasteiger partial charge in [0.1, 0.15) is 0 Å². The lowest BCUT2D eigenvalue weighted by atomic mass is 10.1. The fraction of sp³-hybridized carbons (Fsp3) is 0.222. The Kier molecular flexibility index (Phi) is 4.54. The van der Waals surface area contributed by atoms with Crippen molar-refractivity contribution in [2.45, 2.75) is 26.2 Å². The molecule has 0 radical (unpaired) electrons. The third kappa shape index (κ3) is 3.20. The average Bonchev–Trinajstić information content (AvgIpc) is 3.03. The molecule has 1 aromatic heterocycles. The van der Waals surface area contributed by atoms with Gasteiger partial charge >= 0.3 is 0 Å². The highest BCUT2D eigenvalue weighted by Crippen LogP contribution is 2.27. The Balaban J connectivity index is 1.83. The molecule has 112 valence electrons. The maximum Gasteiger partial charge on any atom is 0.258 e. The summed E-state index contributed by atoms with van der Waals surface area (Å²) in [5, 5.41) is 4.64. The van der Waals surface area contributed by atoms with E-state index in [1.807, 2.05) is 36.4 Å². The van der Waals surface area contributed by atoms with Crippen LogP contribution in [-0.4, -0.2) is 10.1 Å². The highest BCUT2D eigenvalue weighted by Gasteiger charge is 2.12. The quantitative estimate of drug-likeness (QED) is 0.633. The maximum absolute atomic E-state index is 6.16. The SMILES string of the molecule is CCCCc1ccc(-c2nc(-c3ccccc3Cl)no2)cc1. The van der Waals surface area contributed by atoms with Crippen molar-refractivity contribution in [3.05, 3.63) is 59.1 Å². The van der Waals surface area contributed by atoms with Gasteiger partial charge in [0, 0.05) is 11.1 Å². The first-order valence-corrected chi connectivity index (χ1v) is 7.83. The normalized spacial score (nSPS) is 10.8. The molecule has 0 aliphatic carbocycles. The number of unbranched alkanes of at least 4 members (excludes halogenated alkanes) is 1. The monoisotopic (exact) mass is 312 g/mol. The van der Waals surface area contributed by atoms with E-state index >= 15 is 0 Å². The minimum Gasteiger partial charge on any atom is -0.334 e. The van der Waals surface area contributed by atoms with Crippen LogP contribution in [-0.2, 0) is 6.42 Å². The zero-order chi connectivity index (χ0) is 15.4. The van der Waals surface area contributed by atoms with E-state index in [0.29, 0.717) is 16.7 Å². The molecular weight excluding hydrogens is 296 g/mol. The van der Waals surface area contributed by atoms with Crippen LogP contribution in [0.5, 0.6) is 0 Å². The average molecular weight is 313 g/mol. The first-order valence-electron chi connectivity index (χ1n) is 7.46. The fourth-order valence-corrected chi connectivity index (χ4v) is 2.51. The van der Waals surface area contributed by atoms with Crippen LogP contribution in [0.25, 0.3) is 22.8 Å². The van der Waals surface area contributed by atoms with Gasteiger partial charge in [-0.15, -0.1) is 0 Å². The summed E-state index contributed by atoms with van der Waals surface area (Å²) in [6.45, 7) is 2.20. The van der Waals surface area contributed by atoms with Crippen LogP contribution < -0.4 is 0 Å². The summed E-state index contributed by atoms with van der Waals surface area (Å²) in [4.78, 5) is 4.44. The molecule has 0 saturated heterocycles. The Morgan fingerprint density at radius 1 is 1.05 bits per heavy atom. The van der Waals surface area contributed by atoms with Gasteiger partial charge in [-0.2, -0.15) is 4.98 Å². The summed E-state index contributed by atoms with van der Waals surface area (Å²) in [6.07, 6.45) is 3.51. The molecule has 0 N–H and O–H groups in total. The molecule has 22 heavy (non-hydrogen) atoms. The number of benzene rings is 2. The second-order valence-electron chi connectivity index (χ2n) is 5.20. The second-order valence-corrected chi connectivity index (χ2v) is 5.61. The van der Waals surface area contributed by atoms with E-state index < -0.39 is 0 Å². The number of rotatable bonds is 5. The largest absolute Gasteiger partial charge is 0.334 e. The number of aryl methyl sites for hydroxylation is 1. The molecule has 0 unspecified atom stereocenters. The molecule has 4 heteroatoms. The molecule has 2 aromatic carbocycles. The van der Waals surface area contributed by atoms with Crippen molar-refractivity contribution in [2.75, 3.05) is 0 Å². The van der Waals surface area contributed by atoms with Crippen LogP contribution in [0.3, 0.4) is 0 Å². The molecule has 3 aromatic rings. The number of hydrogen-bond acceptors (Lipinski definition) is 3. The Labute approximate surface area is 134 Å². The third-order valence-corrected chi connectivity index (χ3v) is 3.89. The van der Waals surface area contributed by atoms with Gasteiger partial charge in [-0.1, -0.05) is 54.4 Å². The van der Waals surface area contributed by atoms with Crippen molar-refractivity contribution in [3.8, 4) is 22.8 Å². The van der Waals surface area contributed by atoms with Crippen molar-refractivity contribution in [2.24, 2.45) is 0 Å². The van der Waals surface area contributed by atoms with Crippen molar-refractivity contribution < 1.29 is 4.52 Å². The summed E-state index contributed by atoms with van der Waals surface area (Å²) in [7, 11) is 0. The Morgan fingerprint density at radius 2 is 1.82 bits per heavy atom. The number of nitrogens with zero attached hydrogens (tertiary/aromatic N) is 2. The van der Waals surface area contributed by atoms with Gasteiger partial charge in [0.05, 0.1) is 5.02 Å². The van der Waals surface area contributed by atoms with Crippen LogP contribution in [0.2, 0.25) is 5.02 Å². The Hall–Kier alpha value is -2.13.